The Bertz CT molecular complexity index is 1020. The molecule has 1 saturated carbocycles. The summed E-state index contributed by atoms with van der Waals surface area (Å²) in [5.41, 5.74) is 4.36. The van der Waals surface area contributed by atoms with E-state index >= 15 is 0 Å². The van der Waals surface area contributed by atoms with Gasteiger partial charge >= 0.3 is 18.9 Å². The molecule has 1 unspecified atom stereocenters. The summed E-state index contributed by atoms with van der Waals surface area (Å²) in [6.07, 6.45) is 17.2. The van der Waals surface area contributed by atoms with Crippen LogP contribution in [-0.4, -0.2) is 29.9 Å². The number of rotatable bonds is 12. The number of aryl methyl sites for hydroxylation is 1. The third kappa shape index (κ3) is 9.18. The second kappa shape index (κ2) is 16.0. The van der Waals surface area contributed by atoms with Crippen molar-refractivity contribution >= 4 is 29.7 Å². The van der Waals surface area contributed by atoms with E-state index in [4.69, 9.17) is 0 Å². The summed E-state index contributed by atoms with van der Waals surface area (Å²) in [5, 5.41) is 14.2. The van der Waals surface area contributed by atoms with E-state index < -0.39 is 12.0 Å². The minimum absolute atomic E-state index is 0. The van der Waals surface area contributed by atoms with Crippen LogP contribution in [0.2, 0.25) is 0 Å². The third-order valence-electron chi connectivity index (χ3n) is 6.94. The summed E-state index contributed by atoms with van der Waals surface area (Å²) in [5.74, 6) is -0.101. The Morgan fingerprint density at radius 1 is 1.11 bits per heavy atom. The zero-order valence-electron chi connectivity index (χ0n) is 22.1. The maximum Gasteiger partial charge on any atom is 1.00 e. The number of carboxylic acid groups (broad SMARTS) is 1. The Labute approximate surface area is 232 Å². The Hall–Kier alpha value is -1.93. The van der Waals surface area contributed by atoms with Gasteiger partial charge in [-0.05, 0) is 78.5 Å². The number of hydrogen-bond acceptors (Lipinski definition) is 4. The quantitative estimate of drug-likeness (QED) is 0.360. The summed E-state index contributed by atoms with van der Waals surface area (Å²) in [7, 11) is 0. The number of aliphatic carboxylic acids is 1. The summed E-state index contributed by atoms with van der Waals surface area (Å²) < 4.78 is 0. The Balaban J connectivity index is 0.00000456. The Kier molecular flexibility index (Phi) is 13.5. The molecule has 0 radical (unpaired) electrons. The van der Waals surface area contributed by atoms with Gasteiger partial charge in [0.25, 0.3) is 5.91 Å². The minimum atomic E-state index is -1.25. The van der Waals surface area contributed by atoms with Crippen molar-refractivity contribution in [1.29, 1.82) is 0 Å². The molecule has 3 rings (SSSR count). The zero-order valence-corrected chi connectivity index (χ0v) is 22.9. The van der Waals surface area contributed by atoms with Crippen LogP contribution in [-0.2, 0) is 4.79 Å². The first-order chi connectivity index (χ1) is 17.0. The molecule has 0 saturated heterocycles. The van der Waals surface area contributed by atoms with Crippen LogP contribution in [0.15, 0.2) is 48.5 Å². The van der Waals surface area contributed by atoms with Gasteiger partial charge in [-0.2, -0.15) is 11.8 Å². The van der Waals surface area contributed by atoms with E-state index in [0.29, 0.717) is 17.7 Å². The van der Waals surface area contributed by atoms with Crippen LogP contribution in [0.5, 0.6) is 0 Å². The van der Waals surface area contributed by atoms with E-state index in [-0.39, 0.29) is 24.8 Å². The van der Waals surface area contributed by atoms with Gasteiger partial charge in [-0.25, -0.2) is 0 Å². The van der Waals surface area contributed by atoms with Crippen LogP contribution in [0.4, 0.5) is 0 Å². The van der Waals surface area contributed by atoms with Crippen molar-refractivity contribution in [3.8, 4) is 11.1 Å². The summed E-state index contributed by atoms with van der Waals surface area (Å²) in [4.78, 5) is 24.7. The first kappa shape index (κ1) is 30.3. The van der Waals surface area contributed by atoms with Gasteiger partial charge in [-0.1, -0.05) is 81.0 Å². The fourth-order valence-corrected chi connectivity index (χ4v) is 5.37. The van der Waals surface area contributed by atoms with E-state index in [1.165, 1.54) is 44.9 Å². The molecule has 1 N–H and O–H groups in total. The molecule has 0 spiro atoms. The van der Waals surface area contributed by atoms with Gasteiger partial charge in [0.2, 0.25) is 0 Å². The van der Waals surface area contributed by atoms with Crippen LogP contribution in [0.25, 0.3) is 17.2 Å². The molecule has 1 aliphatic rings. The molecule has 2 aromatic rings. The molecule has 1 amide bonds. The molecule has 0 bridgehead atoms. The number of thioether (sulfide) groups is 1. The first-order valence-electron chi connectivity index (χ1n) is 12.9. The number of unbranched alkanes of at least 4 members (excludes halogenated alkanes) is 1. The van der Waals surface area contributed by atoms with E-state index in [0.717, 1.165) is 34.6 Å². The molecule has 1 aliphatic carbocycles. The van der Waals surface area contributed by atoms with Crippen LogP contribution < -0.4 is 29.3 Å². The third-order valence-corrected chi connectivity index (χ3v) is 7.59. The van der Waals surface area contributed by atoms with Gasteiger partial charge in [0, 0.05) is 5.56 Å². The molecule has 36 heavy (non-hydrogen) atoms. The normalized spacial score (nSPS) is 14.8. The zero-order chi connectivity index (χ0) is 25.0. The second-order valence-electron chi connectivity index (χ2n) is 9.58. The largest absolute Gasteiger partial charge is 1.00 e. The Morgan fingerprint density at radius 2 is 1.86 bits per heavy atom. The molecule has 2 aromatic carbocycles. The number of carbonyl (C=O) groups excluding carboxylic acids is 2. The van der Waals surface area contributed by atoms with Crippen LogP contribution in [0.3, 0.4) is 0 Å². The molecule has 1 atom stereocenters. The van der Waals surface area contributed by atoms with Crippen molar-refractivity contribution in [3.63, 3.8) is 0 Å². The number of carboxylic acids is 1. The average molecular weight is 500 g/mol. The summed E-state index contributed by atoms with van der Waals surface area (Å²) in [6.45, 7) is 2.02. The predicted molar refractivity (Wildman–Crippen MR) is 145 cm³/mol. The van der Waals surface area contributed by atoms with Crippen molar-refractivity contribution in [2.24, 2.45) is 5.92 Å². The molecular formula is C30H38LiNO3S. The molecule has 4 nitrogen and oxygen atoms in total. The Morgan fingerprint density at radius 3 is 2.56 bits per heavy atom. The van der Waals surface area contributed by atoms with Crippen molar-refractivity contribution in [1.82, 2.24) is 5.32 Å². The summed E-state index contributed by atoms with van der Waals surface area (Å²) in [6, 6.07) is 12.7. The number of hydrogen-bond donors (Lipinski definition) is 1. The fraction of sp³-hybridized carbons (Fsp3) is 0.467. The van der Waals surface area contributed by atoms with Crippen molar-refractivity contribution < 1.29 is 33.6 Å². The SMILES string of the molecule is CSCCC(NC(=O)c1ccc(/C=C/CCCC2CCCCC2)cc1-c1ccccc1C)C(=O)[O-].[Li+]. The van der Waals surface area contributed by atoms with E-state index in [9.17, 15) is 14.7 Å². The number of allylic oxidation sites excluding steroid dienone is 1. The van der Waals surface area contributed by atoms with E-state index in [1.807, 2.05) is 49.6 Å². The van der Waals surface area contributed by atoms with Gasteiger partial charge < -0.3 is 15.2 Å². The standard InChI is InChI=1S/C30H39NO3S.Li/c1-22-11-9-10-16-25(22)27-21-24(15-8-4-7-14-23-12-5-3-6-13-23)17-18-26(27)29(32)31-28(30(33)34)19-20-35-2;/h8-11,15-18,21,23,28H,3-7,12-14,19-20H2,1-2H3,(H,31,32)(H,33,34);/q;+1/p-1/b15-8+;. The number of carbonyl (C=O) groups is 2. The average Bonchev–Trinajstić information content (AvgIpc) is 2.87. The minimum Gasteiger partial charge on any atom is -0.548 e. The molecule has 6 heteroatoms. The maximum absolute atomic E-state index is 13.2. The predicted octanol–water partition coefficient (Wildman–Crippen LogP) is 3.03. The van der Waals surface area contributed by atoms with Gasteiger partial charge in [0.15, 0.2) is 0 Å². The molecule has 0 aliphatic heterocycles. The topological polar surface area (TPSA) is 69.2 Å². The van der Waals surface area contributed by atoms with E-state index in [1.54, 1.807) is 17.8 Å². The molecule has 0 aromatic heterocycles. The maximum atomic E-state index is 13.2. The van der Waals surface area contributed by atoms with Crippen molar-refractivity contribution in [3.05, 3.63) is 65.2 Å². The van der Waals surface area contributed by atoms with Gasteiger partial charge in [0.1, 0.15) is 0 Å². The molecule has 1 fully saturated rings. The van der Waals surface area contributed by atoms with Crippen LogP contribution in [0.1, 0.15) is 79.3 Å². The van der Waals surface area contributed by atoms with Gasteiger partial charge in [-0.3, -0.25) is 4.79 Å². The summed E-state index contributed by atoms with van der Waals surface area (Å²) >= 11 is 1.54. The van der Waals surface area contributed by atoms with Crippen molar-refractivity contribution in [2.75, 3.05) is 12.0 Å². The number of benzene rings is 2. The molecular weight excluding hydrogens is 461 g/mol. The van der Waals surface area contributed by atoms with Gasteiger partial charge in [0.05, 0.1) is 12.0 Å². The monoisotopic (exact) mass is 499 g/mol. The van der Waals surface area contributed by atoms with Gasteiger partial charge in [-0.15, -0.1) is 0 Å². The number of amides is 1. The first-order valence-corrected chi connectivity index (χ1v) is 14.3. The smallest absolute Gasteiger partial charge is 0.548 e. The second-order valence-corrected chi connectivity index (χ2v) is 10.6. The molecule has 0 heterocycles. The van der Waals surface area contributed by atoms with Crippen molar-refractivity contribution in [2.45, 2.75) is 70.8 Å². The van der Waals surface area contributed by atoms with Crippen LogP contribution >= 0.6 is 11.8 Å². The number of nitrogens with one attached hydrogen (secondary N) is 1. The van der Waals surface area contributed by atoms with Crippen LogP contribution in [0, 0.1) is 12.8 Å². The van der Waals surface area contributed by atoms with E-state index in [2.05, 4.69) is 17.5 Å². The molecule has 188 valence electrons. The fourth-order valence-electron chi connectivity index (χ4n) is 4.90.